The van der Waals surface area contributed by atoms with Gasteiger partial charge in [0.2, 0.25) is 0 Å². The molecule has 2 N–H and O–H groups in total. The van der Waals surface area contributed by atoms with Crippen LogP contribution in [0.15, 0.2) is 24.5 Å². The topological polar surface area (TPSA) is 98.5 Å². The van der Waals surface area contributed by atoms with Crippen molar-refractivity contribution in [2.45, 2.75) is 52.0 Å². The van der Waals surface area contributed by atoms with E-state index in [2.05, 4.69) is 43.6 Å². The minimum atomic E-state index is -0.691. The highest BCUT2D eigenvalue weighted by molar-refractivity contribution is 5.47. The van der Waals surface area contributed by atoms with Crippen LogP contribution in [0.4, 0.5) is 11.6 Å². The van der Waals surface area contributed by atoms with E-state index in [0.29, 0.717) is 11.6 Å². The van der Waals surface area contributed by atoms with Crippen LogP contribution in [0.1, 0.15) is 51.6 Å². The van der Waals surface area contributed by atoms with Crippen molar-refractivity contribution in [1.29, 1.82) is 0 Å². The number of aliphatic hydroxyl groups excluding tert-OH is 2. The molecule has 0 aromatic carbocycles. The number of nitrogens with zero attached hydrogens (tertiary/aromatic N) is 6. The first kappa shape index (κ1) is 18.5. The van der Waals surface area contributed by atoms with E-state index in [1.165, 1.54) is 0 Å². The summed E-state index contributed by atoms with van der Waals surface area (Å²) in [5.41, 5.74) is 0. The fraction of sp³-hybridized carbons (Fsp3) is 0.556. The molecule has 26 heavy (non-hydrogen) atoms. The number of rotatable bonds is 4. The third-order valence-corrected chi connectivity index (χ3v) is 4.64. The van der Waals surface area contributed by atoms with Crippen LogP contribution in [0.3, 0.4) is 0 Å². The lowest BCUT2D eigenvalue weighted by atomic mass is 10.1. The average molecular weight is 358 g/mol. The Morgan fingerprint density at radius 2 is 1.23 bits per heavy atom. The van der Waals surface area contributed by atoms with Gasteiger partial charge in [-0.2, -0.15) is 0 Å². The number of aliphatic hydroxyl groups is 2. The molecule has 1 aliphatic rings. The van der Waals surface area contributed by atoms with E-state index in [0.717, 1.165) is 24.7 Å². The average Bonchev–Trinajstić information content (AvgIpc) is 2.63. The van der Waals surface area contributed by atoms with Crippen molar-refractivity contribution in [3.05, 3.63) is 36.2 Å². The number of piperazine rings is 1. The lowest BCUT2D eigenvalue weighted by Crippen LogP contribution is -2.57. The Hall–Kier alpha value is -2.32. The van der Waals surface area contributed by atoms with Gasteiger partial charge in [0.25, 0.3) is 0 Å². The van der Waals surface area contributed by atoms with Gasteiger partial charge in [0.1, 0.15) is 23.8 Å². The lowest BCUT2D eigenvalue weighted by Gasteiger charge is -2.45. The highest BCUT2D eigenvalue weighted by Gasteiger charge is 2.31. The summed E-state index contributed by atoms with van der Waals surface area (Å²) in [6.07, 6.45) is 1.99. The Morgan fingerprint density at radius 1 is 0.846 bits per heavy atom. The molecule has 8 heteroatoms. The van der Waals surface area contributed by atoms with Gasteiger partial charge >= 0.3 is 0 Å². The van der Waals surface area contributed by atoms with E-state index >= 15 is 0 Å². The van der Waals surface area contributed by atoms with Gasteiger partial charge in [-0.1, -0.05) is 0 Å². The van der Waals surface area contributed by atoms with Gasteiger partial charge in [0.15, 0.2) is 11.6 Å². The number of anilines is 2. The van der Waals surface area contributed by atoms with Crippen molar-refractivity contribution >= 4 is 11.6 Å². The van der Waals surface area contributed by atoms with Crippen LogP contribution in [0, 0.1) is 0 Å². The maximum absolute atomic E-state index is 9.74. The fourth-order valence-electron chi connectivity index (χ4n) is 3.22. The minimum Gasteiger partial charge on any atom is -0.385 e. The van der Waals surface area contributed by atoms with E-state index in [1.54, 1.807) is 26.2 Å². The van der Waals surface area contributed by atoms with Gasteiger partial charge in [-0.05, 0) is 39.8 Å². The number of hydrogen-bond acceptors (Lipinski definition) is 8. The van der Waals surface area contributed by atoms with Crippen LogP contribution in [-0.2, 0) is 0 Å². The molecule has 1 fully saturated rings. The van der Waals surface area contributed by atoms with Crippen LogP contribution in [0.5, 0.6) is 0 Å². The van der Waals surface area contributed by atoms with E-state index in [4.69, 9.17) is 0 Å². The molecule has 0 saturated carbocycles. The summed E-state index contributed by atoms with van der Waals surface area (Å²) in [6.45, 7) is 9.15. The summed E-state index contributed by atoms with van der Waals surface area (Å²) in [4.78, 5) is 21.7. The summed E-state index contributed by atoms with van der Waals surface area (Å²) in [7, 11) is 0. The van der Waals surface area contributed by atoms with E-state index in [1.807, 2.05) is 12.1 Å². The third-order valence-electron chi connectivity index (χ3n) is 4.64. The van der Waals surface area contributed by atoms with Crippen LogP contribution in [-0.4, -0.2) is 55.3 Å². The van der Waals surface area contributed by atoms with Crippen molar-refractivity contribution in [3.8, 4) is 0 Å². The summed E-state index contributed by atoms with van der Waals surface area (Å²) in [5.74, 6) is 2.51. The highest BCUT2D eigenvalue weighted by atomic mass is 16.3. The standard InChI is InChI=1S/C18H26N6O2/c1-11-9-24(16-6-8-20-18(22-16)14(4)26)12(2)10-23(11)15-5-7-19-17(21-15)13(3)25/h5-8,11-14,25-26H,9-10H2,1-4H3/t11-,12+,13-,14-/m1/s1. The second-order valence-electron chi connectivity index (χ2n) is 6.90. The normalized spacial score (nSPS) is 23.0. The first-order valence-electron chi connectivity index (χ1n) is 8.92. The molecular formula is C18H26N6O2. The maximum Gasteiger partial charge on any atom is 0.158 e. The smallest absolute Gasteiger partial charge is 0.158 e. The summed E-state index contributed by atoms with van der Waals surface area (Å²) < 4.78 is 0. The Balaban J connectivity index is 1.81. The molecule has 0 bridgehead atoms. The summed E-state index contributed by atoms with van der Waals surface area (Å²) in [6, 6.07) is 4.16. The van der Waals surface area contributed by atoms with Crippen LogP contribution < -0.4 is 9.80 Å². The zero-order valence-corrected chi connectivity index (χ0v) is 15.6. The van der Waals surface area contributed by atoms with Gasteiger partial charge in [-0.25, -0.2) is 19.9 Å². The molecule has 4 atom stereocenters. The largest absolute Gasteiger partial charge is 0.385 e. The van der Waals surface area contributed by atoms with E-state index < -0.39 is 12.2 Å². The first-order valence-corrected chi connectivity index (χ1v) is 8.92. The molecular weight excluding hydrogens is 332 g/mol. The molecule has 8 nitrogen and oxygen atoms in total. The summed E-state index contributed by atoms with van der Waals surface area (Å²) >= 11 is 0. The van der Waals surface area contributed by atoms with Gasteiger partial charge < -0.3 is 20.0 Å². The van der Waals surface area contributed by atoms with Crippen molar-refractivity contribution in [3.63, 3.8) is 0 Å². The monoisotopic (exact) mass is 358 g/mol. The molecule has 0 unspecified atom stereocenters. The zero-order valence-electron chi connectivity index (χ0n) is 15.6. The van der Waals surface area contributed by atoms with E-state index in [-0.39, 0.29) is 12.1 Å². The predicted molar refractivity (Wildman–Crippen MR) is 98.9 cm³/mol. The highest BCUT2D eigenvalue weighted by Crippen LogP contribution is 2.26. The fourth-order valence-corrected chi connectivity index (χ4v) is 3.22. The van der Waals surface area contributed by atoms with Gasteiger partial charge in [0, 0.05) is 37.6 Å². The molecule has 0 radical (unpaired) electrons. The second-order valence-corrected chi connectivity index (χ2v) is 6.90. The third kappa shape index (κ3) is 3.76. The second kappa shape index (κ2) is 7.51. The quantitative estimate of drug-likeness (QED) is 0.848. The first-order chi connectivity index (χ1) is 12.4. The molecule has 2 aromatic heterocycles. The van der Waals surface area contributed by atoms with E-state index in [9.17, 15) is 10.2 Å². The predicted octanol–water partition coefficient (Wildman–Crippen LogP) is 1.48. The number of aromatic nitrogens is 4. The molecule has 140 valence electrons. The molecule has 0 aliphatic carbocycles. The van der Waals surface area contributed by atoms with Crippen LogP contribution in [0.25, 0.3) is 0 Å². The molecule has 3 heterocycles. The van der Waals surface area contributed by atoms with Gasteiger partial charge in [-0.3, -0.25) is 0 Å². The van der Waals surface area contributed by atoms with Crippen molar-refractivity contribution in [2.24, 2.45) is 0 Å². The number of hydrogen-bond donors (Lipinski definition) is 2. The van der Waals surface area contributed by atoms with Crippen molar-refractivity contribution in [2.75, 3.05) is 22.9 Å². The van der Waals surface area contributed by atoms with Crippen molar-refractivity contribution < 1.29 is 10.2 Å². The molecule has 1 aliphatic heterocycles. The molecule has 2 aromatic rings. The summed E-state index contributed by atoms with van der Waals surface area (Å²) in [5, 5.41) is 19.5. The zero-order chi connectivity index (χ0) is 18.8. The molecule has 3 rings (SSSR count). The molecule has 1 saturated heterocycles. The lowest BCUT2D eigenvalue weighted by molar-refractivity contribution is 0.188. The molecule has 0 spiro atoms. The van der Waals surface area contributed by atoms with Gasteiger partial charge in [-0.15, -0.1) is 0 Å². The van der Waals surface area contributed by atoms with Crippen molar-refractivity contribution in [1.82, 2.24) is 19.9 Å². The Labute approximate surface area is 153 Å². The molecule has 0 amide bonds. The van der Waals surface area contributed by atoms with Crippen LogP contribution >= 0.6 is 0 Å². The van der Waals surface area contributed by atoms with Crippen LogP contribution in [0.2, 0.25) is 0 Å². The SMILES string of the molecule is C[C@@H]1CN(c2ccnc([C@@H](C)O)n2)[C@@H](C)CN1c1ccnc([C@@H](C)O)n1. The Kier molecular flexibility index (Phi) is 5.33. The Bertz CT molecular complexity index is 690. The Morgan fingerprint density at radius 3 is 1.58 bits per heavy atom. The maximum atomic E-state index is 9.74. The minimum absolute atomic E-state index is 0.202. The van der Waals surface area contributed by atoms with Gasteiger partial charge in [0.05, 0.1) is 0 Å².